The molecule has 0 saturated heterocycles. The second-order valence-corrected chi connectivity index (χ2v) is 12.2. The maximum atomic E-state index is 9.61. The lowest BCUT2D eigenvalue weighted by Crippen LogP contribution is -1.97. The summed E-state index contributed by atoms with van der Waals surface area (Å²) in [5.41, 5.74) is 11.5. The average molecular weight is 636 g/mol. The van der Waals surface area contributed by atoms with Crippen molar-refractivity contribution in [2.24, 2.45) is 0 Å². The Kier molecular flexibility index (Phi) is 6.56. The third kappa shape index (κ3) is 4.31. The number of hydrogen-bond donors (Lipinski definition) is 0. The van der Waals surface area contributed by atoms with Crippen LogP contribution in [0.5, 0.6) is 0 Å². The van der Waals surface area contributed by atoms with Crippen molar-refractivity contribution in [3.63, 3.8) is 0 Å². The standard InChI is InChI=1S/C45H25N5/c1-47-39-23-22-32(49-42-19-7-5-15-35(42)38-25-29(28-46)21-24-44(38)49)27-37(39)31-12-9-11-30(26-31)33-13-3-6-18-41(33)50-43-20-8-4-14-34(43)36-16-10-17-40(48-2)45(36)50/h3-27H. The van der Waals surface area contributed by atoms with Crippen molar-refractivity contribution < 1.29 is 0 Å². The van der Waals surface area contributed by atoms with Crippen LogP contribution in [0.15, 0.2) is 152 Å². The first-order chi connectivity index (χ1) is 24.7. The van der Waals surface area contributed by atoms with Gasteiger partial charge in [0.05, 0.1) is 52.5 Å². The Morgan fingerprint density at radius 1 is 0.480 bits per heavy atom. The van der Waals surface area contributed by atoms with Gasteiger partial charge < -0.3 is 9.13 Å². The number of benzene rings is 7. The van der Waals surface area contributed by atoms with Crippen molar-refractivity contribution in [1.29, 1.82) is 5.26 Å². The Hall–Kier alpha value is -7.39. The van der Waals surface area contributed by atoms with Crippen molar-refractivity contribution in [1.82, 2.24) is 9.13 Å². The summed E-state index contributed by atoms with van der Waals surface area (Å²) in [6.45, 7) is 16.1. The van der Waals surface area contributed by atoms with E-state index in [1.54, 1.807) is 0 Å². The van der Waals surface area contributed by atoms with Gasteiger partial charge in [-0.25, -0.2) is 9.69 Å². The van der Waals surface area contributed by atoms with E-state index in [-0.39, 0.29) is 0 Å². The van der Waals surface area contributed by atoms with Crippen LogP contribution in [0.4, 0.5) is 11.4 Å². The Balaban J connectivity index is 1.24. The summed E-state index contributed by atoms with van der Waals surface area (Å²) < 4.78 is 4.42. The largest absolute Gasteiger partial charge is 0.318 e. The van der Waals surface area contributed by atoms with Crippen LogP contribution in [0.1, 0.15) is 5.56 Å². The SMILES string of the molecule is [C-]#[N+]c1ccc(-n2c3ccccc3c3cc(C#N)ccc32)cc1-c1cccc(-c2ccccc2-n2c3ccccc3c3cccc([N+]#[C-])c32)c1. The minimum Gasteiger partial charge on any atom is -0.318 e. The molecule has 50 heavy (non-hydrogen) atoms. The molecule has 0 unspecified atom stereocenters. The summed E-state index contributed by atoms with van der Waals surface area (Å²) in [5, 5.41) is 13.8. The van der Waals surface area contributed by atoms with Gasteiger partial charge in [0.2, 0.25) is 5.69 Å². The van der Waals surface area contributed by atoms with Crippen LogP contribution < -0.4 is 0 Å². The van der Waals surface area contributed by atoms with E-state index in [4.69, 9.17) is 13.1 Å². The van der Waals surface area contributed by atoms with Crippen LogP contribution in [-0.4, -0.2) is 9.13 Å². The fraction of sp³-hybridized carbons (Fsp3) is 0. The van der Waals surface area contributed by atoms with Crippen molar-refractivity contribution in [3.05, 3.63) is 180 Å². The quantitative estimate of drug-likeness (QED) is 0.177. The summed E-state index contributed by atoms with van der Waals surface area (Å²) in [6.07, 6.45) is 0. The molecule has 0 radical (unpaired) electrons. The van der Waals surface area contributed by atoms with E-state index in [1.165, 1.54) is 0 Å². The van der Waals surface area contributed by atoms with Gasteiger partial charge in [-0.15, -0.1) is 0 Å². The molecule has 2 heterocycles. The first-order valence-electron chi connectivity index (χ1n) is 16.2. The lowest BCUT2D eigenvalue weighted by Gasteiger charge is -2.16. The summed E-state index contributed by atoms with van der Waals surface area (Å²) in [6, 6.07) is 53.2. The molecule has 0 spiro atoms. The molecule has 0 aliphatic carbocycles. The van der Waals surface area contributed by atoms with Crippen molar-refractivity contribution >= 4 is 55.0 Å². The van der Waals surface area contributed by atoms with Crippen LogP contribution in [0.2, 0.25) is 0 Å². The third-order valence-electron chi connectivity index (χ3n) is 9.58. The van der Waals surface area contributed by atoms with Gasteiger partial charge in [0.25, 0.3) is 0 Å². The molecule has 0 bridgehead atoms. The first kappa shape index (κ1) is 28.8. The maximum absolute atomic E-state index is 9.61. The topological polar surface area (TPSA) is 42.4 Å². The predicted octanol–water partition coefficient (Wildman–Crippen LogP) is 12.2. The monoisotopic (exact) mass is 635 g/mol. The normalized spacial score (nSPS) is 11.1. The molecular weight excluding hydrogens is 611 g/mol. The zero-order chi connectivity index (χ0) is 33.8. The van der Waals surface area contributed by atoms with Gasteiger partial charge in [-0.2, -0.15) is 5.26 Å². The van der Waals surface area contributed by atoms with E-state index in [2.05, 4.69) is 91.6 Å². The molecule has 0 aliphatic rings. The summed E-state index contributed by atoms with van der Waals surface area (Å²) in [4.78, 5) is 7.85. The lowest BCUT2D eigenvalue weighted by molar-refractivity contribution is 1.18. The second-order valence-electron chi connectivity index (χ2n) is 12.2. The van der Waals surface area contributed by atoms with Gasteiger partial charge in [0, 0.05) is 27.4 Å². The van der Waals surface area contributed by atoms with Gasteiger partial charge in [-0.1, -0.05) is 97.1 Å². The van der Waals surface area contributed by atoms with E-state index in [0.717, 1.165) is 77.2 Å². The number of aromatic nitrogens is 2. The molecule has 0 amide bonds. The van der Waals surface area contributed by atoms with Crippen molar-refractivity contribution in [3.8, 4) is 39.7 Å². The molecule has 7 aromatic carbocycles. The van der Waals surface area contributed by atoms with E-state index in [0.29, 0.717) is 16.9 Å². The number of nitriles is 1. The molecule has 230 valence electrons. The van der Waals surface area contributed by atoms with E-state index in [9.17, 15) is 5.26 Å². The zero-order valence-electron chi connectivity index (χ0n) is 26.7. The third-order valence-corrected chi connectivity index (χ3v) is 9.58. The minimum absolute atomic E-state index is 0.566. The number of fused-ring (bicyclic) bond motifs is 6. The average Bonchev–Trinajstić information content (AvgIpc) is 3.70. The van der Waals surface area contributed by atoms with Gasteiger partial charge in [0.1, 0.15) is 0 Å². The van der Waals surface area contributed by atoms with Crippen molar-refractivity contribution in [2.45, 2.75) is 0 Å². The number of para-hydroxylation sites is 4. The minimum atomic E-state index is 0.566. The smallest absolute Gasteiger partial charge is 0.211 e. The van der Waals surface area contributed by atoms with Gasteiger partial charge in [-0.3, -0.25) is 0 Å². The molecule has 0 aliphatic heterocycles. The molecule has 2 aromatic heterocycles. The fourth-order valence-electron chi connectivity index (χ4n) is 7.42. The number of hydrogen-bond acceptors (Lipinski definition) is 1. The van der Waals surface area contributed by atoms with E-state index >= 15 is 0 Å². The predicted molar refractivity (Wildman–Crippen MR) is 203 cm³/mol. The highest BCUT2D eigenvalue weighted by Gasteiger charge is 2.19. The molecular formula is C45H25N5. The lowest BCUT2D eigenvalue weighted by atomic mass is 9.96. The van der Waals surface area contributed by atoms with Crippen LogP contribution in [-0.2, 0) is 0 Å². The highest BCUT2D eigenvalue weighted by Crippen LogP contribution is 2.42. The Labute approximate surface area is 288 Å². The van der Waals surface area contributed by atoms with Gasteiger partial charge in [-0.05, 0) is 76.7 Å². The number of rotatable bonds is 4. The maximum Gasteiger partial charge on any atom is 0.211 e. The molecule has 0 fully saturated rings. The molecule has 5 heteroatoms. The van der Waals surface area contributed by atoms with E-state index in [1.807, 2.05) is 84.9 Å². The molecule has 0 atom stereocenters. The van der Waals surface area contributed by atoms with E-state index < -0.39 is 0 Å². The van der Waals surface area contributed by atoms with Gasteiger partial charge >= 0.3 is 0 Å². The van der Waals surface area contributed by atoms with Crippen molar-refractivity contribution in [2.75, 3.05) is 0 Å². The Morgan fingerprint density at radius 2 is 1.12 bits per heavy atom. The summed E-state index contributed by atoms with van der Waals surface area (Å²) >= 11 is 0. The van der Waals surface area contributed by atoms with Crippen LogP contribution >= 0.6 is 0 Å². The van der Waals surface area contributed by atoms with Crippen LogP contribution in [0.25, 0.3) is 86.9 Å². The molecule has 9 aromatic rings. The fourth-order valence-corrected chi connectivity index (χ4v) is 7.42. The van der Waals surface area contributed by atoms with Gasteiger partial charge in [0.15, 0.2) is 5.69 Å². The first-order valence-corrected chi connectivity index (χ1v) is 16.2. The molecule has 5 nitrogen and oxygen atoms in total. The Morgan fingerprint density at radius 3 is 1.90 bits per heavy atom. The number of nitrogens with zero attached hydrogens (tertiary/aromatic N) is 5. The highest BCUT2D eigenvalue weighted by atomic mass is 15.0. The second kappa shape index (κ2) is 11.4. The highest BCUT2D eigenvalue weighted by molar-refractivity contribution is 6.14. The summed E-state index contributed by atoms with van der Waals surface area (Å²) in [5.74, 6) is 0. The van der Waals surface area contributed by atoms with Crippen LogP contribution in [0.3, 0.4) is 0 Å². The van der Waals surface area contributed by atoms with Crippen LogP contribution in [0, 0.1) is 24.5 Å². The molecule has 0 N–H and O–H groups in total. The Bertz CT molecular complexity index is 2970. The summed E-state index contributed by atoms with van der Waals surface area (Å²) in [7, 11) is 0. The molecule has 9 rings (SSSR count). The molecule has 0 saturated carbocycles. The zero-order valence-corrected chi connectivity index (χ0v) is 26.7.